The fraction of sp³-hybridized carbons (Fsp3) is 0.778. The summed E-state index contributed by atoms with van der Waals surface area (Å²) in [4.78, 5) is 39.9. The molecule has 0 bridgehead atoms. The molecule has 0 aromatic carbocycles. The lowest BCUT2D eigenvalue weighted by atomic mass is 10.0. The molecule has 10 heteroatoms. The summed E-state index contributed by atoms with van der Waals surface area (Å²) in [5, 5.41) is 3.02. The number of allylic oxidation sites excluding steroid dienone is 11. The molecule has 0 radical (unpaired) electrons. The number of likely N-dealkylation sites (N-methyl/N-ethyl adjacent to an activating group) is 1. The number of phosphoric acid groups is 1. The van der Waals surface area contributed by atoms with Gasteiger partial charge in [-0.15, -0.1) is 0 Å². The van der Waals surface area contributed by atoms with E-state index < -0.39 is 26.6 Å². The van der Waals surface area contributed by atoms with Gasteiger partial charge in [-0.3, -0.25) is 14.2 Å². The van der Waals surface area contributed by atoms with Crippen molar-refractivity contribution in [3.05, 3.63) is 72.9 Å². The van der Waals surface area contributed by atoms with Crippen molar-refractivity contribution in [1.29, 1.82) is 0 Å². The zero-order chi connectivity index (χ0) is 53.6. The molecule has 0 heterocycles. The van der Waals surface area contributed by atoms with Crippen LogP contribution in [0.4, 0.5) is 0 Å². The molecule has 0 aliphatic heterocycles. The van der Waals surface area contributed by atoms with Crippen LogP contribution in [0.15, 0.2) is 72.9 Å². The van der Waals surface area contributed by atoms with Crippen molar-refractivity contribution in [2.75, 3.05) is 40.9 Å². The van der Waals surface area contributed by atoms with E-state index in [0.29, 0.717) is 23.9 Å². The summed E-state index contributed by atoms with van der Waals surface area (Å²) in [5.74, 6) is -0.568. The van der Waals surface area contributed by atoms with Crippen LogP contribution in [0.1, 0.15) is 265 Å². The molecule has 73 heavy (non-hydrogen) atoms. The van der Waals surface area contributed by atoms with Crippen LogP contribution in [-0.2, 0) is 27.9 Å². The lowest BCUT2D eigenvalue weighted by Gasteiger charge is -2.30. The minimum atomic E-state index is -4.70. The molecule has 0 saturated carbocycles. The van der Waals surface area contributed by atoms with E-state index in [1.54, 1.807) is 0 Å². The number of nitrogens with one attached hydrogen (secondary N) is 1. The van der Waals surface area contributed by atoms with Gasteiger partial charge in [0.25, 0.3) is 7.82 Å². The van der Waals surface area contributed by atoms with E-state index in [1.807, 2.05) is 33.3 Å². The maximum atomic E-state index is 13.5. The monoisotopic (exact) mass is 1040 g/mol. The normalized spacial score (nSPS) is 14.2. The van der Waals surface area contributed by atoms with Crippen molar-refractivity contribution in [2.45, 2.75) is 277 Å². The van der Waals surface area contributed by atoms with Crippen molar-refractivity contribution >= 4 is 19.7 Å². The van der Waals surface area contributed by atoms with Crippen LogP contribution in [0.5, 0.6) is 0 Å². The SMILES string of the molecule is CC/C=C/C/C=C/C/C=C/CCCCCCC(=O)OC(/C=C\CCCCCCCCCCCC)C(COP(=O)([O-])OCC[N+](C)(C)C)NC(=O)CCCCCCCCCCCCC/C=C\C/C=C\CCCCC. The smallest absolute Gasteiger partial charge is 0.306 e. The minimum absolute atomic E-state index is 0.0285. The molecule has 424 valence electrons. The molecule has 9 nitrogen and oxygen atoms in total. The summed E-state index contributed by atoms with van der Waals surface area (Å²) in [6, 6.07) is -0.900. The molecule has 3 atom stereocenters. The number of phosphoric ester groups is 1. The summed E-state index contributed by atoms with van der Waals surface area (Å²) >= 11 is 0. The zero-order valence-corrected chi connectivity index (χ0v) is 49.2. The second kappa shape index (κ2) is 52.9. The average molecular weight is 1040 g/mol. The number of hydrogen-bond acceptors (Lipinski definition) is 7. The molecule has 0 saturated heterocycles. The lowest BCUT2D eigenvalue weighted by molar-refractivity contribution is -0.870. The highest BCUT2D eigenvalue weighted by Crippen LogP contribution is 2.38. The van der Waals surface area contributed by atoms with Gasteiger partial charge in [-0.25, -0.2) is 0 Å². The van der Waals surface area contributed by atoms with E-state index in [1.165, 1.54) is 128 Å². The fourth-order valence-electron chi connectivity index (χ4n) is 8.45. The van der Waals surface area contributed by atoms with Crippen LogP contribution in [0, 0.1) is 0 Å². The van der Waals surface area contributed by atoms with E-state index in [9.17, 15) is 19.0 Å². The first kappa shape index (κ1) is 70.5. The first-order chi connectivity index (χ1) is 35.4. The van der Waals surface area contributed by atoms with Crippen LogP contribution in [0.2, 0.25) is 0 Å². The van der Waals surface area contributed by atoms with E-state index in [4.69, 9.17) is 13.8 Å². The Bertz CT molecular complexity index is 1480. The average Bonchev–Trinajstić information content (AvgIpc) is 3.35. The quantitative estimate of drug-likeness (QED) is 0.0212. The molecular weight excluding hydrogens is 928 g/mol. The minimum Gasteiger partial charge on any atom is -0.756 e. The number of unbranched alkanes of at least 4 members (excludes halogenated alkanes) is 28. The summed E-state index contributed by atoms with van der Waals surface area (Å²) < 4.78 is 30.3. The van der Waals surface area contributed by atoms with Gasteiger partial charge in [-0.2, -0.15) is 0 Å². The Morgan fingerprint density at radius 3 is 1.34 bits per heavy atom. The molecule has 0 aromatic heterocycles. The van der Waals surface area contributed by atoms with Gasteiger partial charge in [-0.1, -0.05) is 229 Å². The molecule has 0 aliphatic rings. The van der Waals surface area contributed by atoms with Gasteiger partial charge in [0.2, 0.25) is 5.91 Å². The molecule has 1 N–H and O–H groups in total. The molecular formula is C63H115N2O7P. The van der Waals surface area contributed by atoms with Gasteiger partial charge in [0, 0.05) is 12.8 Å². The molecule has 0 spiro atoms. The van der Waals surface area contributed by atoms with Gasteiger partial charge in [0.15, 0.2) is 0 Å². The first-order valence-electron chi connectivity index (χ1n) is 30.2. The number of rotatable bonds is 54. The third-order valence-corrected chi connectivity index (χ3v) is 14.1. The van der Waals surface area contributed by atoms with Crippen molar-refractivity contribution in [1.82, 2.24) is 5.32 Å². The Hall–Kier alpha value is -2.55. The van der Waals surface area contributed by atoms with Gasteiger partial charge in [0.05, 0.1) is 33.8 Å². The Morgan fingerprint density at radius 2 is 0.877 bits per heavy atom. The highest BCUT2D eigenvalue weighted by molar-refractivity contribution is 7.45. The third-order valence-electron chi connectivity index (χ3n) is 13.1. The van der Waals surface area contributed by atoms with Crippen LogP contribution in [0.3, 0.4) is 0 Å². The summed E-state index contributed by atoms with van der Waals surface area (Å²) in [6.45, 7) is 6.69. The number of hydrogen-bond donors (Lipinski definition) is 1. The van der Waals surface area contributed by atoms with Crippen LogP contribution >= 0.6 is 7.82 Å². The van der Waals surface area contributed by atoms with Crippen LogP contribution in [0.25, 0.3) is 0 Å². The highest BCUT2D eigenvalue weighted by Gasteiger charge is 2.27. The number of ether oxygens (including phenoxy) is 1. The number of carbonyl (C=O) groups excluding carboxylic acids is 2. The Morgan fingerprint density at radius 1 is 0.493 bits per heavy atom. The molecule has 1 amide bonds. The van der Waals surface area contributed by atoms with E-state index >= 15 is 0 Å². The second-order valence-electron chi connectivity index (χ2n) is 21.5. The number of nitrogens with zero attached hydrogens (tertiary/aromatic N) is 1. The molecule has 3 unspecified atom stereocenters. The summed E-state index contributed by atoms with van der Waals surface area (Å²) in [6.07, 6.45) is 67.2. The van der Waals surface area contributed by atoms with Crippen LogP contribution in [-0.4, -0.2) is 69.4 Å². The molecule has 0 aromatic rings. The highest BCUT2D eigenvalue weighted by atomic mass is 31.2. The van der Waals surface area contributed by atoms with Gasteiger partial charge in [-0.05, 0) is 96.0 Å². The van der Waals surface area contributed by atoms with Gasteiger partial charge in [0.1, 0.15) is 19.3 Å². The molecule has 0 aliphatic carbocycles. The van der Waals surface area contributed by atoms with Crippen molar-refractivity contribution in [3.8, 4) is 0 Å². The molecule has 0 rings (SSSR count). The first-order valence-corrected chi connectivity index (χ1v) is 31.7. The summed E-state index contributed by atoms with van der Waals surface area (Å²) in [5.41, 5.74) is 0. The standard InChI is InChI=1S/C63H115N2O7P/c1-7-10-13-16-19-22-25-28-30-31-32-33-34-35-36-37-40-43-46-49-52-55-62(66)64-60(59-71-73(68,69)70-58-57-65(4,5)6)61(54-51-48-45-42-39-27-24-21-18-15-12-9-3)72-63(67)56-53-50-47-44-41-38-29-26-23-20-17-14-11-8-2/h11,14,19-20,22-23,28-30,38,51,54,60-61H,7-10,12-13,15-18,21,24-27,31-37,39-50,52-53,55-59H2,1-6H3,(H-,64,66,68,69)/b14-11+,22-19-,23-20+,30-28-,38-29+,54-51-. The lowest BCUT2D eigenvalue weighted by Crippen LogP contribution is -2.47. The van der Waals surface area contributed by atoms with Gasteiger partial charge >= 0.3 is 5.97 Å². The maximum Gasteiger partial charge on any atom is 0.306 e. The number of esters is 1. The van der Waals surface area contributed by atoms with E-state index in [2.05, 4.69) is 86.8 Å². The molecule has 0 fully saturated rings. The van der Waals surface area contributed by atoms with Crippen LogP contribution < -0.4 is 10.2 Å². The number of quaternary nitrogens is 1. The maximum absolute atomic E-state index is 13.5. The largest absolute Gasteiger partial charge is 0.756 e. The Labute approximate surface area is 451 Å². The fourth-order valence-corrected chi connectivity index (χ4v) is 9.17. The van der Waals surface area contributed by atoms with Gasteiger partial charge < -0.3 is 28.5 Å². The van der Waals surface area contributed by atoms with E-state index in [0.717, 1.165) is 96.3 Å². The third kappa shape index (κ3) is 54.1. The number of amides is 1. The Balaban J connectivity index is 5.26. The zero-order valence-electron chi connectivity index (χ0n) is 48.3. The topological polar surface area (TPSA) is 114 Å². The Kier molecular flexibility index (Phi) is 51.0. The van der Waals surface area contributed by atoms with Crippen molar-refractivity contribution in [2.24, 2.45) is 0 Å². The van der Waals surface area contributed by atoms with Crippen molar-refractivity contribution < 1.29 is 37.3 Å². The van der Waals surface area contributed by atoms with E-state index in [-0.39, 0.29) is 24.9 Å². The predicted molar refractivity (Wildman–Crippen MR) is 312 cm³/mol. The predicted octanol–water partition coefficient (Wildman–Crippen LogP) is 17.8. The van der Waals surface area contributed by atoms with Crippen molar-refractivity contribution in [3.63, 3.8) is 0 Å². The number of carbonyl (C=O) groups is 2. The second-order valence-corrected chi connectivity index (χ2v) is 22.9. The summed E-state index contributed by atoms with van der Waals surface area (Å²) in [7, 11) is 1.17.